The van der Waals surface area contributed by atoms with Gasteiger partial charge in [-0.05, 0) is 60.3 Å². The predicted octanol–water partition coefficient (Wildman–Crippen LogP) is 3.49. The second-order valence-corrected chi connectivity index (χ2v) is 7.71. The highest BCUT2D eigenvalue weighted by Crippen LogP contribution is 2.29. The van der Waals surface area contributed by atoms with E-state index in [1.165, 1.54) is 12.8 Å². The van der Waals surface area contributed by atoms with Crippen LogP contribution in [0.5, 0.6) is 0 Å². The van der Waals surface area contributed by atoms with Crippen LogP contribution in [0.4, 0.5) is 5.69 Å². The van der Waals surface area contributed by atoms with Gasteiger partial charge in [0, 0.05) is 31.5 Å². The summed E-state index contributed by atoms with van der Waals surface area (Å²) in [5.41, 5.74) is 9.90. The van der Waals surface area contributed by atoms with E-state index in [0.29, 0.717) is 18.7 Å². The van der Waals surface area contributed by atoms with Crippen molar-refractivity contribution in [3.8, 4) is 11.1 Å². The van der Waals surface area contributed by atoms with Gasteiger partial charge in [0.15, 0.2) is 0 Å². The van der Waals surface area contributed by atoms with Gasteiger partial charge in [-0.3, -0.25) is 9.59 Å². The van der Waals surface area contributed by atoms with Crippen molar-refractivity contribution in [2.75, 3.05) is 31.7 Å². The van der Waals surface area contributed by atoms with Crippen LogP contribution in [-0.2, 0) is 16.1 Å². The topological polar surface area (TPSA) is 84.7 Å². The first-order valence-corrected chi connectivity index (χ1v) is 10.6. The van der Waals surface area contributed by atoms with Crippen LogP contribution in [0.3, 0.4) is 0 Å². The van der Waals surface area contributed by atoms with Crippen LogP contribution in [0.25, 0.3) is 11.1 Å². The molecule has 0 saturated heterocycles. The second-order valence-electron chi connectivity index (χ2n) is 7.71. The molecule has 0 aliphatic carbocycles. The van der Waals surface area contributed by atoms with Crippen LogP contribution in [-0.4, -0.2) is 38.6 Å². The molecule has 2 amide bonds. The summed E-state index contributed by atoms with van der Waals surface area (Å²) in [6, 6.07) is 13.5. The van der Waals surface area contributed by atoms with Gasteiger partial charge in [0.2, 0.25) is 5.91 Å². The lowest BCUT2D eigenvalue weighted by Crippen LogP contribution is -2.36. The molecule has 1 heterocycles. The Morgan fingerprint density at radius 3 is 2.43 bits per heavy atom. The van der Waals surface area contributed by atoms with Crippen LogP contribution < -0.4 is 16.0 Å². The lowest BCUT2D eigenvalue weighted by atomic mass is 9.99. The number of carbonyl (C=O) groups is 2. The number of fused-ring (bicyclic) bond motifs is 1. The monoisotopic (exact) mass is 409 g/mol. The fourth-order valence-corrected chi connectivity index (χ4v) is 3.85. The summed E-state index contributed by atoms with van der Waals surface area (Å²) in [4.78, 5) is 26.0. The Morgan fingerprint density at radius 2 is 1.70 bits per heavy atom. The summed E-state index contributed by atoms with van der Waals surface area (Å²) < 4.78 is 5.12. The number of primary amides is 1. The van der Waals surface area contributed by atoms with E-state index in [1.807, 2.05) is 29.2 Å². The van der Waals surface area contributed by atoms with E-state index in [9.17, 15) is 9.59 Å². The van der Waals surface area contributed by atoms with Crippen molar-refractivity contribution in [1.82, 2.24) is 5.32 Å². The molecule has 1 aliphatic rings. The molecule has 3 rings (SSSR count). The number of carbonyl (C=O) groups excluding carboxylic acids is 2. The van der Waals surface area contributed by atoms with E-state index >= 15 is 0 Å². The Morgan fingerprint density at radius 1 is 1.00 bits per heavy atom. The molecule has 6 nitrogen and oxygen atoms in total. The molecule has 0 saturated carbocycles. The number of nitrogens with zero attached hydrogens (tertiary/aromatic N) is 1. The van der Waals surface area contributed by atoms with Gasteiger partial charge in [-0.1, -0.05) is 37.5 Å². The van der Waals surface area contributed by atoms with Crippen molar-refractivity contribution >= 4 is 17.5 Å². The van der Waals surface area contributed by atoms with Gasteiger partial charge in [0.25, 0.3) is 5.91 Å². The predicted molar refractivity (Wildman–Crippen MR) is 119 cm³/mol. The molecule has 3 N–H and O–H groups in total. The molecule has 0 bridgehead atoms. The van der Waals surface area contributed by atoms with Crippen molar-refractivity contribution in [3.05, 3.63) is 53.6 Å². The highest BCUT2D eigenvalue weighted by Gasteiger charge is 2.19. The summed E-state index contributed by atoms with van der Waals surface area (Å²) in [7, 11) is 1.55. The molecule has 0 unspecified atom stereocenters. The maximum absolute atomic E-state index is 12.8. The maximum Gasteiger partial charge on any atom is 0.252 e. The molecule has 1 aliphatic heterocycles. The zero-order valence-electron chi connectivity index (χ0n) is 17.7. The number of hydrogen-bond acceptors (Lipinski definition) is 4. The van der Waals surface area contributed by atoms with Crippen molar-refractivity contribution in [2.24, 2.45) is 5.73 Å². The van der Waals surface area contributed by atoms with Gasteiger partial charge >= 0.3 is 0 Å². The Labute approximate surface area is 178 Å². The SMILES string of the molecule is COCC(=O)N1CCCCCCCNCc2cc(-c3ccc(C(N)=O)cc3)ccc21. The van der Waals surface area contributed by atoms with Crippen LogP contribution in [0, 0.1) is 0 Å². The number of methoxy groups -OCH3 is 1. The fourth-order valence-electron chi connectivity index (χ4n) is 3.85. The van der Waals surface area contributed by atoms with Crippen molar-refractivity contribution in [1.29, 1.82) is 0 Å². The molecule has 0 radical (unpaired) electrons. The summed E-state index contributed by atoms with van der Waals surface area (Å²) >= 11 is 0. The van der Waals surface area contributed by atoms with Crippen LogP contribution in [0.2, 0.25) is 0 Å². The Kier molecular flexibility index (Phi) is 7.99. The van der Waals surface area contributed by atoms with Gasteiger partial charge < -0.3 is 20.7 Å². The number of rotatable bonds is 4. The number of ether oxygens (including phenoxy) is 1. The van der Waals surface area contributed by atoms with Crippen LogP contribution in [0.1, 0.15) is 48.0 Å². The third-order valence-corrected chi connectivity index (χ3v) is 5.49. The van der Waals surface area contributed by atoms with E-state index in [1.54, 1.807) is 19.2 Å². The number of benzene rings is 2. The summed E-state index contributed by atoms with van der Waals surface area (Å²) in [5, 5.41) is 3.52. The molecule has 0 spiro atoms. The number of nitrogens with one attached hydrogen (secondary N) is 1. The van der Waals surface area contributed by atoms with Crippen LogP contribution in [0.15, 0.2) is 42.5 Å². The van der Waals surface area contributed by atoms with Gasteiger partial charge in [0.05, 0.1) is 0 Å². The highest BCUT2D eigenvalue weighted by atomic mass is 16.5. The van der Waals surface area contributed by atoms with Gasteiger partial charge in [0.1, 0.15) is 6.61 Å². The molecule has 160 valence electrons. The lowest BCUT2D eigenvalue weighted by molar-refractivity contribution is -0.122. The van der Waals surface area contributed by atoms with E-state index < -0.39 is 5.91 Å². The van der Waals surface area contributed by atoms with E-state index in [-0.39, 0.29) is 12.5 Å². The van der Waals surface area contributed by atoms with Crippen molar-refractivity contribution in [2.45, 2.75) is 38.6 Å². The van der Waals surface area contributed by atoms with E-state index in [2.05, 4.69) is 11.4 Å². The summed E-state index contributed by atoms with van der Waals surface area (Å²) in [6.07, 6.45) is 5.67. The zero-order valence-corrected chi connectivity index (χ0v) is 17.7. The Hall–Kier alpha value is -2.70. The number of hydrogen-bond donors (Lipinski definition) is 2. The van der Waals surface area contributed by atoms with Gasteiger partial charge in [-0.2, -0.15) is 0 Å². The molecule has 6 heteroatoms. The van der Waals surface area contributed by atoms with Gasteiger partial charge in [-0.15, -0.1) is 0 Å². The molecule has 0 aromatic heterocycles. The minimum atomic E-state index is -0.435. The first kappa shape index (κ1) is 22.0. The maximum atomic E-state index is 12.8. The van der Waals surface area contributed by atoms with E-state index in [0.717, 1.165) is 48.2 Å². The zero-order chi connectivity index (χ0) is 21.3. The third kappa shape index (κ3) is 5.68. The van der Waals surface area contributed by atoms with Crippen molar-refractivity contribution in [3.63, 3.8) is 0 Å². The normalized spacial score (nSPS) is 15.6. The standard InChI is InChI=1S/C24H31N3O3/c1-30-17-23(28)27-14-6-4-2-3-5-13-26-16-21-15-20(11-12-22(21)27)18-7-9-19(10-8-18)24(25)29/h7-12,15,26H,2-6,13-14,16-17H2,1H3,(H2,25,29). The summed E-state index contributed by atoms with van der Waals surface area (Å²) in [5.74, 6) is -0.454. The number of nitrogens with two attached hydrogens (primary N) is 1. The molecule has 2 aromatic rings. The minimum Gasteiger partial charge on any atom is -0.375 e. The average molecular weight is 410 g/mol. The number of amides is 2. The molecule has 30 heavy (non-hydrogen) atoms. The second kappa shape index (κ2) is 10.9. The summed E-state index contributed by atoms with van der Waals surface area (Å²) in [6.45, 7) is 2.42. The first-order chi connectivity index (χ1) is 14.6. The molecular formula is C24H31N3O3. The third-order valence-electron chi connectivity index (χ3n) is 5.49. The number of anilines is 1. The quantitative estimate of drug-likeness (QED) is 0.810. The van der Waals surface area contributed by atoms with Crippen molar-refractivity contribution < 1.29 is 14.3 Å². The highest BCUT2D eigenvalue weighted by molar-refractivity contribution is 5.95. The molecule has 2 aromatic carbocycles. The fraction of sp³-hybridized carbons (Fsp3) is 0.417. The molecule has 0 atom stereocenters. The Bertz CT molecular complexity index is 864. The molecular weight excluding hydrogens is 378 g/mol. The van der Waals surface area contributed by atoms with Crippen LogP contribution >= 0.6 is 0 Å². The minimum absolute atomic E-state index is 0.0191. The largest absolute Gasteiger partial charge is 0.375 e. The molecule has 0 fully saturated rings. The Balaban J connectivity index is 1.95. The smallest absolute Gasteiger partial charge is 0.252 e. The lowest BCUT2D eigenvalue weighted by Gasteiger charge is -2.26. The first-order valence-electron chi connectivity index (χ1n) is 10.6. The van der Waals surface area contributed by atoms with Gasteiger partial charge in [-0.25, -0.2) is 0 Å². The van der Waals surface area contributed by atoms with E-state index in [4.69, 9.17) is 10.5 Å². The average Bonchev–Trinajstić information content (AvgIpc) is 2.74.